The first-order valence-electron chi connectivity index (χ1n) is 2.50. The first-order valence-corrected chi connectivity index (χ1v) is 3.38. The molecule has 1 aromatic heterocycles. The van der Waals surface area contributed by atoms with Crippen LogP contribution >= 0.6 is 11.3 Å². The first kappa shape index (κ1) is 5.56. The SMILES string of the molecule is CC[N]c1nccs1. The Morgan fingerprint density at radius 2 is 2.75 bits per heavy atom. The molecule has 1 rings (SSSR count). The van der Waals surface area contributed by atoms with E-state index in [1.165, 1.54) is 0 Å². The van der Waals surface area contributed by atoms with Gasteiger partial charge in [0.15, 0.2) is 0 Å². The van der Waals surface area contributed by atoms with Crippen LogP contribution in [0.15, 0.2) is 11.6 Å². The normalized spacial score (nSPS) is 9.12. The second kappa shape index (κ2) is 2.67. The van der Waals surface area contributed by atoms with Gasteiger partial charge >= 0.3 is 0 Å². The summed E-state index contributed by atoms with van der Waals surface area (Å²) in [4.78, 5) is 3.96. The van der Waals surface area contributed by atoms with Crippen LogP contribution in [0.25, 0.3) is 0 Å². The maximum absolute atomic E-state index is 4.07. The Morgan fingerprint density at radius 1 is 1.88 bits per heavy atom. The molecule has 0 unspecified atom stereocenters. The zero-order valence-electron chi connectivity index (χ0n) is 4.66. The Labute approximate surface area is 52.6 Å². The lowest BCUT2D eigenvalue weighted by molar-refractivity contribution is 0.902. The molecule has 1 aromatic rings. The van der Waals surface area contributed by atoms with E-state index in [-0.39, 0.29) is 0 Å². The number of nitrogens with zero attached hydrogens (tertiary/aromatic N) is 2. The van der Waals surface area contributed by atoms with Gasteiger partial charge in [0.2, 0.25) is 5.13 Å². The predicted molar refractivity (Wildman–Crippen MR) is 34.4 cm³/mol. The van der Waals surface area contributed by atoms with Crippen LogP contribution < -0.4 is 5.32 Å². The molecule has 0 saturated carbocycles. The van der Waals surface area contributed by atoms with Gasteiger partial charge in [-0.25, -0.2) is 4.98 Å². The molecular formula is C5H7N2S. The van der Waals surface area contributed by atoms with Crippen LogP contribution in [-0.2, 0) is 0 Å². The molecule has 0 bridgehead atoms. The molecule has 8 heavy (non-hydrogen) atoms. The Morgan fingerprint density at radius 3 is 3.25 bits per heavy atom. The zero-order valence-corrected chi connectivity index (χ0v) is 5.48. The fourth-order valence-electron chi connectivity index (χ4n) is 0.429. The van der Waals surface area contributed by atoms with E-state index in [0.29, 0.717) is 0 Å². The molecule has 0 aliphatic rings. The van der Waals surface area contributed by atoms with E-state index >= 15 is 0 Å². The van der Waals surface area contributed by atoms with Crippen molar-refractivity contribution in [3.63, 3.8) is 0 Å². The molecule has 43 valence electrons. The van der Waals surface area contributed by atoms with Crippen molar-refractivity contribution < 1.29 is 0 Å². The summed E-state index contributed by atoms with van der Waals surface area (Å²) >= 11 is 1.57. The van der Waals surface area contributed by atoms with Gasteiger partial charge in [-0.2, -0.15) is 0 Å². The highest BCUT2D eigenvalue weighted by Gasteiger charge is 1.88. The standard InChI is InChI=1S/C5H7N2S/c1-2-6-5-7-3-4-8-5/h3-4H,2H2,1H3. The summed E-state index contributed by atoms with van der Waals surface area (Å²) in [7, 11) is 0. The molecule has 2 nitrogen and oxygen atoms in total. The van der Waals surface area contributed by atoms with Gasteiger partial charge < -0.3 is 0 Å². The number of aromatic nitrogens is 1. The third kappa shape index (κ3) is 1.20. The number of hydrogen-bond acceptors (Lipinski definition) is 2. The first-order chi connectivity index (χ1) is 3.93. The van der Waals surface area contributed by atoms with Crippen LogP contribution in [0.1, 0.15) is 6.92 Å². The summed E-state index contributed by atoms with van der Waals surface area (Å²) in [6.45, 7) is 2.83. The van der Waals surface area contributed by atoms with Crippen LogP contribution in [0.3, 0.4) is 0 Å². The van der Waals surface area contributed by atoms with Crippen molar-refractivity contribution in [1.29, 1.82) is 0 Å². The fraction of sp³-hybridized carbons (Fsp3) is 0.400. The molecule has 0 saturated heterocycles. The second-order valence-corrected chi connectivity index (χ2v) is 2.16. The van der Waals surface area contributed by atoms with Crippen LogP contribution in [-0.4, -0.2) is 11.5 Å². The highest BCUT2D eigenvalue weighted by atomic mass is 32.1. The average molecular weight is 127 g/mol. The lowest BCUT2D eigenvalue weighted by atomic mass is 10.8. The Bertz CT molecular complexity index is 136. The lowest BCUT2D eigenvalue weighted by Crippen LogP contribution is -1.92. The van der Waals surface area contributed by atoms with E-state index < -0.39 is 0 Å². The summed E-state index contributed by atoms with van der Waals surface area (Å²) in [5.74, 6) is 0. The van der Waals surface area contributed by atoms with E-state index in [4.69, 9.17) is 0 Å². The smallest absolute Gasteiger partial charge is 0.204 e. The Hall–Kier alpha value is -0.570. The molecule has 0 aliphatic heterocycles. The molecule has 0 atom stereocenters. The molecule has 0 aliphatic carbocycles. The van der Waals surface area contributed by atoms with E-state index in [0.717, 1.165) is 11.7 Å². The van der Waals surface area contributed by atoms with Crippen molar-refractivity contribution in [1.82, 2.24) is 10.3 Å². The number of rotatable bonds is 2. The Balaban J connectivity index is 2.50. The maximum Gasteiger partial charge on any atom is 0.204 e. The van der Waals surface area contributed by atoms with Crippen molar-refractivity contribution in [3.8, 4) is 0 Å². The molecule has 3 heteroatoms. The van der Waals surface area contributed by atoms with E-state index in [1.807, 2.05) is 12.3 Å². The van der Waals surface area contributed by atoms with Gasteiger partial charge in [0, 0.05) is 18.1 Å². The Kier molecular flexibility index (Phi) is 1.86. The quantitative estimate of drug-likeness (QED) is 0.590. The van der Waals surface area contributed by atoms with Crippen LogP contribution in [0.2, 0.25) is 0 Å². The summed E-state index contributed by atoms with van der Waals surface area (Å²) in [6, 6.07) is 0. The second-order valence-electron chi connectivity index (χ2n) is 1.29. The third-order valence-electron chi connectivity index (χ3n) is 0.713. The molecule has 0 aromatic carbocycles. The summed E-state index contributed by atoms with van der Waals surface area (Å²) in [5.41, 5.74) is 0. The fourth-order valence-corrected chi connectivity index (χ4v) is 0.998. The number of thiazole rings is 1. The minimum atomic E-state index is 0.827. The highest BCUT2D eigenvalue weighted by Crippen LogP contribution is 2.08. The summed E-state index contributed by atoms with van der Waals surface area (Å²) in [5, 5.41) is 6.88. The minimum Gasteiger partial charge on any atom is -0.258 e. The molecule has 1 heterocycles. The molecule has 0 N–H and O–H groups in total. The molecule has 1 radical (unpaired) electrons. The van der Waals surface area contributed by atoms with Gasteiger partial charge in [-0.1, -0.05) is 0 Å². The molecular weight excluding hydrogens is 120 g/mol. The summed E-state index contributed by atoms with van der Waals surface area (Å²) < 4.78 is 0. The van der Waals surface area contributed by atoms with Crippen molar-refractivity contribution in [2.24, 2.45) is 0 Å². The number of hydrogen-bond donors (Lipinski definition) is 0. The highest BCUT2D eigenvalue weighted by molar-refractivity contribution is 7.13. The van der Waals surface area contributed by atoms with Gasteiger partial charge in [0.25, 0.3) is 0 Å². The van der Waals surface area contributed by atoms with Crippen molar-refractivity contribution >= 4 is 16.5 Å². The van der Waals surface area contributed by atoms with Gasteiger partial charge in [0.1, 0.15) is 0 Å². The molecule has 0 fully saturated rings. The average Bonchev–Trinajstić information content (AvgIpc) is 2.19. The third-order valence-corrected chi connectivity index (χ3v) is 1.42. The van der Waals surface area contributed by atoms with Crippen molar-refractivity contribution in [2.45, 2.75) is 6.92 Å². The summed E-state index contributed by atoms with van der Waals surface area (Å²) in [6.07, 6.45) is 1.76. The monoisotopic (exact) mass is 127 g/mol. The van der Waals surface area contributed by atoms with Gasteiger partial charge in [-0.15, -0.1) is 11.3 Å². The van der Waals surface area contributed by atoms with E-state index in [9.17, 15) is 0 Å². The van der Waals surface area contributed by atoms with E-state index in [1.54, 1.807) is 17.5 Å². The van der Waals surface area contributed by atoms with E-state index in [2.05, 4.69) is 10.3 Å². The topological polar surface area (TPSA) is 27.0 Å². The van der Waals surface area contributed by atoms with Crippen LogP contribution in [0.5, 0.6) is 0 Å². The van der Waals surface area contributed by atoms with Gasteiger partial charge in [-0.3, -0.25) is 5.32 Å². The predicted octanol–water partition coefficient (Wildman–Crippen LogP) is 1.40. The van der Waals surface area contributed by atoms with Gasteiger partial charge in [-0.05, 0) is 6.92 Å². The van der Waals surface area contributed by atoms with Crippen LogP contribution in [0, 0.1) is 0 Å². The van der Waals surface area contributed by atoms with Gasteiger partial charge in [0.05, 0.1) is 0 Å². The van der Waals surface area contributed by atoms with Crippen molar-refractivity contribution in [3.05, 3.63) is 11.6 Å². The zero-order chi connectivity index (χ0) is 5.82. The molecule has 0 amide bonds. The lowest BCUT2D eigenvalue weighted by Gasteiger charge is -1.86. The van der Waals surface area contributed by atoms with Crippen molar-refractivity contribution in [2.75, 3.05) is 6.54 Å². The van der Waals surface area contributed by atoms with Crippen LogP contribution in [0.4, 0.5) is 5.13 Å². The largest absolute Gasteiger partial charge is 0.258 e. The minimum absolute atomic E-state index is 0.827. The maximum atomic E-state index is 4.07. The molecule has 0 spiro atoms.